The van der Waals surface area contributed by atoms with Gasteiger partial charge < -0.3 is 14.8 Å². The predicted octanol–water partition coefficient (Wildman–Crippen LogP) is 3.88. The molecule has 1 atom stereocenters. The summed E-state index contributed by atoms with van der Waals surface area (Å²) in [6, 6.07) is 17.9. The van der Waals surface area contributed by atoms with Crippen molar-refractivity contribution in [2.75, 3.05) is 17.1 Å². The lowest BCUT2D eigenvalue weighted by Crippen LogP contribution is -2.30. The van der Waals surface area contributed by atoms with Crippen molar-refractivity contribution in [2.45, 2.75) is 24.8 Å². The van der Waals surface area contributed by atoms with E-state index in [4.69, 9.17) is 9.47 Å². The van der Waals surface area contributed by atoms with Crippen LogP contribution in [0.1, 0.15) is 34.6 Å². The highest BCUT2D eigenvalue weighted by Gasteiger charge is 2.21. The van der Waals surface area contributed by atoms with Gasteiger partial charge in [-0.2, -0.15) is 0 Å². The molecule has 0 aromatic heterocycles. The van der Waals surface area contributed by atoms with Crippen LogP contribution in [0.4, 0.5) is 11.4 Å². The van der Waals surface area contributed by atoms with Crippen LogP contribution in [0.3, 0.4) is 0 Å². The summed E-state index contributed by atoms with van der Waals surface area (Å²) in [6.07, 6.45) is -1.16. The molecule has 0 heterocycles. The predicted molar refractivity (Wildman–Crippen MR) is 130 cm³/mol. The molecule has 10 heteroatoms. The lowest BCUT2D eigenvalue weighted by Gasteiger charge is -2.14. The molecule has 1 amide bonds. The maximum Gasteiger partial charge on any atom is 0.338 e. The number of carbonyl (C=O) groups is 3. The molecular weight excluding hydrogens is 472 g/mol. The minimum Gasteiger partial charge on any atom is -0.497 e. The van der Waals surface area contributed by atoms with Crippen molar-refractivity contribution in [1.29, 1.82) is 0 Å². The number of ether oxygens (including phenoxy) is 2. The first-order valence-electron chi connectivity index (χ1n) is 10.5. The molecule has 2 N–H and O–H groups in total. The Morgan fingerprint density at radius 2 is 1.49 bits per heavy atom. The second-order valence-corrected chi connectivity index (χ2v) is 9.21. The molecule has 1 unspecified atom stereocenters. The Morgan fingerprint density at radius 1 is 0.857 bits per heavy atom. The Kier molecular flexibility index (Phi) is 7.87. The summed E-state index contributed by atoms with van der Waals surface area (Å²) in [7, 11) is -2.48. The summed E-state index contributed by atoms with van der Waals surface area (Å²) in [4.78, 5) is 36.2. The van der Waals surface area contributed by atoms with Crippen LogP contribution in [-0.2, 0) is 19.6 Å². The minimum absolute atomic E-state index is 0.0342. The number of sulfonamides is 1. The highest BCUT2D eigenvalue weighted by Crippen LogP contribution is 2.20. The first-order valence-corrected chi connectivity index (χ1v) is 12.0. The molecule has 0 aliphatic heterocycles. The molecule has 3 aromatic carbocycles. The third-order valence-corrected chi connectivity index (χ3v) is 6.31. The number of anilines is 2. The van der Waals surface area contributed by atoms with Gasteiger partial charge in [0.2, 0.25) is 0 Å². The van der Waals surface area contributed by atoms with E-state index in [0.29, 0.717) is 22.7 Å². The number of Topliss-reactive ketones (excluding diaryl/α,β-unsaturated/α-hetero) is 1. The molecule has 0 spiro atoms. The maximum absolute atomic E-state index is 12.8. The van der Waals surface area contributed by atoms with Crippen LogP contribution in [0.15, 0.2) is 77.7 Å². The summed E-state index contributed by atoms with van der Waals surface area (Å²) in [6.45, 7) is 2.83. The van der Waals surface area contributed by atoms with Gasteiger partial charge in [0.15, 0.2) is 11.9 Å². The number of esters is 1. The molecule has 35 heavy (non-hydrogen) atoms. The van der Waals surface area contributed by atoms with Gasteiger partial charge in [0.1, 0.15) is 5.75 Å². The number of hydrogen-bond donors (Lipinski definition) is 2. The van der Waals surface area contributed by atoms with Crippen molar-refractivity contribution in [1.82, 2.24) is 0 Å². The number of amides is 1. The molecule has 0 fully saturated rings. The van der Waals surface area contributed by atoms with E-state index in [9.17, 15) is 22.8 Å². The minimum atomic E-state index is -3.99. The largest absolute Gasteiger partial charge is 0.497 e. The Bertz CT molecular complexity index is 1330. The lowest BCUT2D eigenvalue weighted by molar-refractivity contribution is -0.123. The van der Waals surface area contributed by atoms with Crippen LogP contribution in [0, 0.1) is 0 Å². The lowest BCUT2D eigenvalue weighted by atomic mass is 10.1. The highest BCUT2D eigenvalue weighted by atomic mass is 32.2. The van der Waals surface area contributed by atoms with Crippen molar-refractivity contribution in [3.8, 4) is 5.75 Å². The van der Waals surface area contributed by atoms with Crippen LogP contribution >= 0.6 is 0 Å². The molecule has 9 nitrogen and oxygen atoms in total. The van der Waals surface area contributed by atoms with Crippen molar-refractivity contribution in [3.63, 3.8) is 0 Å². The van der Waals surface area contributed by atoms with Gasteiger partial charge >= 0.3 is 5.97 Å². The normalized spacial score (nSPS) is 11.7. The van der Waals surface area contributed by atoms with E-state index in [1.807, 2.05) is 0 Å². The van der Waals surface area contributed by atoms with Gasteiger partial charge in [-0.3, -0.25) is 14.3 Å². The SMILES string of the molecule is COc1ccc(NS(=O)(=O)c2cccc(C(=O)OC(C)C(=O)Nc3ccc(C(C)=O)cc3)c2)cc1. The molecule has 0 bridgehead atoms. The summed E-state index contributed by atoms with van der Waals surface area (Å²) < 4.78 is 38.2. The summed E-state index contributed by atoms with van der Waals surface area (Å²) >= 11 is 0. The smallest absolute Gasteiger partial charge is 0.338 e. The zero-order valence-electron chi connectivity index (χ0n) is 19.3. The number of ketones is 1. The first kappa shape index (κ1) is 25.4. The molecule has 0 saturated heterocycles. The Labute approximate surface area is 203 Å². The number of hydrogen-bond acceptors (Lipinski definition) is 7. The van der Waals surface area contributed by atoms with Crippen molar-refractivity contribution < 1.29 is 32.3 Å². The topological polar surface area (TPSA) is 128 Å². The highest BCUT2D eigenvalue weighted by molar-refractivity contribution is 7.92. The van der Waals surface area contributed by atoms with Gasteiger partial charge in [-0.25, -0.2) is 13.2 Å². The van der Waals surface area contributed by atoms with Crippen LogP contribution < -0.4 is 14.8 Å². The molecule has 0 radical (unpaired) electrons. The van der Waals surface area contributed by atoms with Crippen molar-refractivity contribution in [2.24, 2.45) is 0 Å². The van der Waals surface area contributed by atoms with E-state index in [2.05, 4.69) is 10.0 Å². The molecule has 0 saturated carbocycles. The standard InChI is InChI=1S/C25H24N2O7S/c1-16(28)18-7-9-20(10-8-18)26-24(29)17(2)34-25(30)19-5-4-6-23(15-19)35(31,32)27-21-11-13-22(33-3)14-12-21/h4-15,17,27H,1-3H3,(H,26,29). The second-order valence-electron chi connectivity index (χ2n) is 7.53. The third-order valence-electron chi connectivity index (χ3n) is 4.93. The molecule has 0 aliphatic carbocycles. The number of methoxy groups -OCH3 is 1. The summed E-state index contributed by atoms with van der Waals surface area (Å²) in [5, 5.41) is 2.59. The molecular formula is C25H24N2O7S. The second kappa shape index (κ2) is 10.8. The summed E-state index contributed by atoms with van der Waals surface area (Å²) in [5.41, 5.74) is 1.22. The van der Waals surface area contributed by atoms with Gasteiger partial charge in [0.05, 0.1) is 17.6 Å². The van der Waals surface area contributed by atoms with E-state index in [-0.39, 0.29) is 16.2 Å². The first-order chi connectivity index (χ1) is 16.6. The zero-order valence-corrected chi connectivity index (χ0v) is 20.1. The van der Waals surface area contributed by atoms with E-state index in [1.165, 1.54) is 45.2 Å². The fourth-order valence-electron chi connectivity index (χ4n) is 2.98. The van der Waals surface area contributed by atoms with Gasteiger partial charge in [0.25, 0.3) is 15.9 Å². The fourth-order valence-corrected chi connectivity index (χ4v) is 4.08. The van der Waals surface area contributed by atoms with Gasteiger partial charge in [0, 0.05) is 16.9 Å². The molecule has 0 aliphatic rings. The average Bonchev–Trinajstić information content (AvgIpc) is 2.84. The number of nitrogens with one attached hydrogen (secondary N) is 2. The van der Waals surface area contributed by atoms with Crippen LogP contribution in [0.2, 0.25) is 0 Å². The average molecular weight is 497 g/mol. The van der Waals surface area contributed by atoms with Gasteiger partial charge in [-0.1, -0.05) is 6.07 Å². The van der Waals surface area contributed by atoms with Gasteiger partial charge in [-0.05, 0) is 80.6 Å². The number of carbonyl (C=O) groups excluding carboxylic acids is 3. The quantitative estimate of drug-likeness (QED) is 0.340. The van der Waals surface area contributed by atoms with E-state index >= 15 is 0 Å². The number of benzene rings is 3. The van der Waals surface area contributed by atoms with Crippen LogP contribution in [-0.4, -0.2) is 39.3 Å². The molecule has 3 rings (SSSR count). The molecule has 182 valence electrons. The van der Waals surface area contributed by atoms with Crippen molar-refractivity contribution in [3.05, 3.63) is 83.9 Å². The van der Waals surface area contributed by atoms with Crippen molar-refractivity contribution >= 4 is 39.1 Å². The van der Waals surface area contributed by atoms with E-state index < -0.39 is 28.0 Å². The van der Waals surface area contributed by atoms with E-state index in [1.54, 1.807) is 48.5 Å². The Morgan fingerprint density at radius 3 is 2.09 bits per heavy atom. The molecule has 3 aromatic rings. The zero-order chi connectivity index (χ0) is 25.6. The Balaban J connectivity index is 1.66. The summed E-state index contributed by atoms with van der Waals surface area (Å²) in [5.74, 6) is -0.975. The Hall–Kier alpha value is -4.18. The maximum atomic E-state index is 12.8. The van der Waals surface area contributed by atoms with E-state index in [0.717, 1.165) is 0 Å². The van der Waals surface area contributed by atoms with Crippen LogP contribution in [0.25, 0.3) is 0 Å². The monoisotopic (exact) mass is 496 g/mol. The third kappa shape index (κ3) is 6.67. The fraction of sp³-hybridized carbons (Fsp3) is 0.160. The number of rotatable bonds is 9. The van der Waals surface area contributed by atoms with Crippen LogP contribution in [0.5, 0.6) is 5.75 Å². The van der Waals surface area contributed by atoms with Gasteiger partial charge in [-0.15, -0.1) is 0 Å².